The molecule has 3 N–H and O–H groups in total. The topological polar surface area (TPSA) is 145 Å². The first kappa shape index (κ1) is 29.5. The summed E-state index contributed by atoms with van der Waals surface area (Å²) in [6.45, 7) is 6.20. The Hall–Kier alpha value is -2.74. The van der Waals surface area contributed by atoms with E-state index in [0.717, 1.165) is 0 Å². The SMILES string of the molecule is Cc1nn(C)c(/C=C/Nc2cc(Cl)ccc2OCCOCCOCCOCCOCCN)c1[N+](=O)[O-]. The van der Waals surface area contributed by atoms with Gasteiger partial charge in [0.25, 0.3) is 0 Å². The summed E-state index contributed by atoms with van der Waals surface area (Å²) in [6, 6.07) is 5.15. The van der Waals surface area contributed by atoms with E-state index in [1.165, 1.54) is 4.68 Å². The van der Waals surface area contributed by atoms with Crippen LogP contribution in [0.3, 0.4) is 0 Å². The number of halogens is 1. The van der Waals surface area contributed by atoms with Gasteiger partial charge in [0.05, 0.1) is 63.5 Å². The molecule has 0 saturated carbocycles. The Morgan fingerprint density at radius 3 is 2.22 bits per heavy atom. The molecule has 1 heterocycles. The number of benzene rings is 1. The van der Waals surface area contributed by atoms with Crippen LogP contribution >= 0.6 is 11.6 Å². The maximum atomic E-state index is 11.3. The molecule has 36 heavy (non-hydrogen) atoms. The van der Waals surface area contributed by atoms with E-state index in [9.17, 15) is 10.1 Å². The Morgan fingerprint density at radius 1 is 1.06 bits per heavy atom. The first-order valence-corrected chi connectivity index (χ1v) is 11.9. The second-order valence-electron chi connectivity index (χ2n) is 7.40. The summed E-state index contributed by atoms with van der Waals surface area (Å²) in [7, 11) is 1.65. The van der Waals surface area contributed by atoms with Gasteiger partial charge in [-0.05, 0) is 31.2 Å². The molecule has 0 aliphatic heterocycles. The zero-order chi connectivity index (χ0) is 26.2. The van der Waals surface area contributed by atoms with Crippen LogP contribution in [0.15, 0.2) is 24.4 Å². The van der Waals surface area contributed by atoms with Crippen LogP contribution in [0.1, 0.15) is 11.4 Å². The first-order chi connectivity index (χ1) is 17.4. The smallest absolute Gasteiger partial charge is 0.317 e. The van der Waals surface area contributed by atoms with Gasteiger partial charge in [0.1, 0.15) is 23.7 Å². The van der Waals surface area contributed by atoms with Gasteiger partial charge in [0.2, 0.25) is 0 Å². The van der Waals surface area contributed by atoms with E-state index < -0.39 is 4.92 Å². The van der Waals surface area contributed by atoms with Gasteiger partial charge in [-0.2, -0.15) is 5.10 Å². The second kappa shape index (κ2) is 16.8. The number of rotatable bonds is 19. The van der Waals surface area contributed by atoms with Gasteiger partial charge in [-0.1, -0.05) is 11.6 Å². The van der Waals surface area contributed by atoms with Gasteiger partial charge in [-0.3, -0.25) is 14.8 Å². The van der Waals surface area contributed by atoms with E-state index in [1.807, 2.05) is 0 Å². The lowest BCUT2D eigenvalue weighted by Crippen LogP contribution is -2.15. The normalized spacial score (nSPS) is 11.3. The number of nitrogens with one attached hydrogen (secondary N) is 1. The van der Waals surface area contributed by atoms with Crippen molar-refractivity contribution in [1.82, 2.24) is 9.78 Å². The van der Waals surface area contributed by atoms with Gasteiger partial charge < -0.3 is 34.7 Å². The minimum absolute atomic E-state index is 0.0419. The van der Waals surface area contributed by atoms with E-state index in [2.05, 4.69) is 10.4 Å². The van der Waals surface area contributed by atoms with Crippen molar-refractivity contribution < 1.29 is 28.6 Å². The minimum Gasteiger partial charge on any atom is -0.489 e. The maximum absolute atomic E-state index is 11.3. The third kappa shape index (κ3) is 10.5. The highest BCUT2D eigenvalue weighted by Crippen LogP contribution is 2.29. The molecule has 12 nitrogen and oxygen atoms in total. The molecular formula is C23H34ClN5O7. The fourth-order valence-corrected chi connectivity index (χ4v) is 3.26. The monoisotopic (exact) mass is 527 g/mol. The second-order valence-corrected chi connectivity index (χ2v) is 7.84. The Labute approximate surface area is 215 Å². The fraction of sp³-hybridized carbons (Fsp3) is 0.522. The molecule has 0 atom stereocenters. The van der Waals surface area contributed by atoms with E-state index in [-0.39, 0.29) is 5.69 Å². The summed E-state index contributed by atoms with van der Waals surface area (Å²) in [4.78, 5) is 10.9. The number of hydrogen-bond acceptors (Lipinski definition) is 10. The third-order valence-electron chi connectivity index (χ3n) is 4.70. The van der Waals surface area contributed by atoms with Gasteiger partial charge in [-0.15, -0.1) is 0 Å². The van der Waals surface area contributed by atoms with Crippen molar-refractivity contribution in [1.29, 1.82) is 0 Å². The molecule has 0 bridgehead atoms. The first-order valence-electron chi connectivity index (χ1n) is 11.5. The molecule has 1 aromatic carbocycles. The summed E-state index contributed by atoms with van der Waals surface area (Å²) in [5, 5.41) is 19.0. The lowest BCUT2D eigenvalue weighted by atomic mass is 10.2. The van der Waals surface area contributed by atoms with Crippen LogP contribution in [0.4, 0.5) is 11.4 Å². The maximum Gasteiger partial charge on any atom is 0.317 e. The number of aromatic nitrogens is 2. The van der Waals surface area contributed by atoms with E-state index in [1.54, 1.807) is 44.4 Å². The predicted octanol–water partition coefficient (Wildman–Crippen LogP) is 2.78. The standard InChI is InChI=1S/C23H34ClN5O7/c1-18-23(29(30)31)21(28(2)27-18)5-7-26-20-17-19(24)3-4-22(20)36-16-15-35-14-13-34-12-11-33-10-9-32-8-6-25/h3-5,7,17,26H,6,8-16,25H2,1-2H3/b7-5+. The van der Waals surface area contributed by atoms with Crippen LogP contribution < -0.4 is 15.8 Å². The summed E-state index contributed by atoms with van der Waals surface area (Å²) in [5.41, 5.74) is 6.61. The molecule has 0 saturated heterocycles. The largest absolute Gasteiger partial charge is 0.489 e. The molecule has 0 aliphatic rings. The van der Waals surface area contributed by atoms with Crippen molar-refractivity contribution in [2.24, 2.45) is 12.8 Å². The Morgan fingerprint density at radius 2 is 1.64 bits per heavy atom. The van der Waals surface area contributed by atoms with Crippen LogP contribution in [-0.2, 0) is 26.0 Å². The Balaban J connectivity index is 1.68. The van der Waals surface area contributed by atoms with Crippen LogP contribution in [0.5, 0.6) is 5.75 Å². The molecular weight excluding hydrogens is 494 g/mol. The van der Waals surface area contributed by atoms with Crippen LogP contribution in [-0.4, -0.2) is 80.7 Å². The highest BCUT2D eigenvalue weighted by Gasteiger charge is 2.21. The van der Waals surface area contributed by atoms with Crippen molar-refractivity contribution in [2.75, 3.05) is 71.3 Å². The Kier molecular flexibility index (Phi) is 13.8. The number of nitrogens with zero attached hydrogens (tertiary/aromatic N) is 3. The van der Waals surface area contributed by atoms with Crippen molar-refractivity contribution >= 4 is 29.1 Å². The lowest BCUT2D eigenvalue weighted by molar-refractivity contribution is -0.385. The molecule has 0 unspecified atom stereocenters. The minimum atomic E-state index is -0.448. The van der Waals surface area contributed by atoms with Crippen molar-refractivity contribution in [3.8, 4) is 5.75 Å². The third-order valence-corrected chi connectivity index (χ3v) is 4.94. The summed E-state index contributed by atoms with van der Waals surface area (Å²) < 4.78 is 28.8. The summed E-state index contributed by atoms with van der Waals surface area (Å²) in [5.74, 6) is 0.562. The van der Waals surface area contributed by atoms with Crippen LogP contribution in [0.25, 0.3) is 6.08 Å². The predicted molar refractivity (Wildman–Crippen MR) is 137 cm³/mol. The molecule has 0 radical (unpaired) electrons. The van der Waals surface area contributed by atoms with E-state index in [0.29, 0.717) is 93.9 Å². The molecule has 1 aromatic heterocycles. The summed E-state index contributed by atoms with van der Waals surface area (Å²) >= 11 is 6.12. The fourth-order valence-electron chi connectivity index (χ4n) is 3.08. The van der Waals surface area contributed by atoms with E-state index in [4.69, 9.17) is 41.0 Å². The average molecular weight is 528 g/mol. The van der Waals surface area contributed by atoms with Crippen LogP contribution in [0.2, 0.25) is 5.02 Å². The molecule has 0 spiro atoms. The molecule has 200 valence electrons. The molecule has 13 heteroatoms. The van der Waals surface area contributed by atoms with Crippen molar-refractivity contribution in [3.63, 3.8) is 0 Å². The van der Waals surface area contributed by atoms with Gasteiger partial charge in [-0.25, -0.2) is 0 Å². The number of aryl methyl sites for hydroxylation is 2. The van der Waals surface area contributed by atoms with Crippen LogP contribution in [0, 0.1) is 17.0 Å². The van der Waals surface area contributed by atoms with E-state index >= 15 is 0 Å². The highest BCUT2D eigenvalue weighted by atomic mass is 35.5. The quantitative estimate of drug-likeness (QED) is 0.159. The Bertz CT molecular complexity index is 971. The van der Waals surface area contributed by atoms with Gasteiger partial charge in [0, 0.05) is 24.8 Å². The number of hydrogen-bond donors (Lipinski definition) is 2. The zero-order valence-electron chi connectivity index (χ0n) is 20.6. The zero-order valence-corrected chi connectivity index (χ0v) is 21.4. The molecule has 0 aliphatic carbocycles. The molecule has 2 rings (SSSR count). The average Bonchev–Trinajstić information content (AvgIpc) is 3.13. The number of nitrogens with two attached hydrogens (primary N) is 1. The van der Waals surface area contributed by atoms with Crippen molar-refractivity contribution in [2.45, 2.75) is 6.92 Å². The number of ether oxygens (including phenoxy) is 5. The van der Waals surface area contributed by atoms with Gasteiger partial charge >= 0.3 is 5.69 Å². The number of anilines is 1. The van der Waals surface area contributed by atoms with Gasteiger partial charge in [0.15, 0.2) is 0 Å². The molecule has 0 amide bonds. The molecule has 2 aromatic rings. The lowest BCUT2D eigenvalue weighted by Gasteiger charge is -2.12. The highest BCUT2D eigenvalue weighted by molar-refractivity contribution is 6.30. The molecule has 0 fully saturated rings. The number of nitro groups is 1. The summed E-state index contributed by atoms with van der Waals surface area (Å²) in [6.07, 6.45) is 3.15. The van der Waals surface area contributed by atoms with Crippen molar-refractivity contribution in [3.05, 3.63) is 50.9 Å².